The Kier molecular flexibility index (Phi) is 3.02. The van der Waals surface area contributed by atoms with Crippen molar-refractivity contribution in [2.75, 3.05) is 0 Å². The SMILES string of the molecule is C[C@@](O)(Cc1cccnc1)c1ccccc1. The molecule has 1 aromatic heterocycles. The lowest BCUT2D eigenvalue weighted by atomic mass is 9.90. The number of hydrogen-bond donors (Lipinski definition) is 1. The molecule has 0 spiro atoms. The van der Waals surface area contributed by atoms with Gasteiger partial charge in [0.1, 0.15) is 0 Å². The van der Waals surface area contributed by atoms with E-state index in [1.807, 2.05) is 49.4 Å². The Bertz CT molecular complexity index is 437. The second-order valence-electron chi connectivity index (χ2n) is 4.18. The minimum Gasteiger partial charge on any atom is -0.385 e. The van der Waals surface area contributed by atoms with E-state index in [1.54, 1.807) is 12.4 Å². The van der Waals surface area contributed by atoms with Crippen molar-refractivity contribution in [3.05, 3.63) is 66.0 Å². The van der Waals surface area contributed by atoms with Crippen LogP contribution in [-0.4, -0.2) is 10.1 Å². The largest absolute Gasteiger partial charge is 0.385 e. The lowest BCUT2D eigenvalue weighted by Gasteiger charge is -2.23. The normalized spacial score (nSPS) is 14.4. The van der Waals surface area contributed by atoms with Crippen LogP contribution in [0, 0.1) is 0 Å². The zero-order chi connectivity index (χ0) is 11.4. The van der Waals surface area contributed by atoms with Crippen LogP contribution in [-0.2, 0) is 12.0 Å². The number of hydrogen-bond acceptors (Lipinski definition) is 2. The van der Waals surface area contributed by atoms with E-state index in [0.29, 0.717) is 6.42 Å². The molecule has 0 aliphatic heterocycles. The second-order valence-corrected chi connectivity index (χ2v) is 4.18. The van der Waals surface area contributed by atoms with Crippen molar-refractivity contribution in [2.45, 2.75) is 18.9 Å². The van der Waals surface area contributed by atoms with E-state index in [-0.39, 0.29) is 0 Å². The Balaban J connectivity index is 2.21. The molecule has 0 aliphatic carbocycles. The zero-order valence-electron chi connectivity index (χ0n) is 9.30. The maximum atomic E-state index is 10.4. The van der Waals surface area contributed by atoms with Gasteiger partial charge in [0.05, 0.1) is 5.60 Å². The van der Waals surface area contributed by atoms with Gasteiger partial charge in [0.15, 0.2) is 0 Å². The molecule has 1 atom stereocenters. The summed E-state index contributed by atoms with van der Waals surface area (Å²) < 4.78 is 0. The summed E-state index contributed by atoms with van der Waals surface area (Å²) >= 11 is 0. The topological polar surface area (TPSA) is 33.1 Å². The van der Waals surface area contributed by atoms with Gasteiger partial charge in [0.25, 0.3) is 0 Å². The number of rotatable bonds is 3. The summed E-state index contributed by atoms with van der Waals surface area (Å²) in [5.74, 6) is 0. The van der Waals surface area contributed by atoms with E-state index in [1.165, 1.54) is 0 Å². The third kappa shape index (κ3) is 2.47. The van der Waals surface area contributed by atoms with Crippen LogP contribution in [0.1, 0.15) is 18.1 Å². The quantitative estimate of drug-likeness (QED) is 0.850. The average Bonchev–Trinajstić information content (AvgIpc) is 2.31. The molecule has 0 aliphatic rings. The van der Waals surface area contributed by atoms with E-state index >= 15 is 0 Å². The maximum absolute atomic E-state index is 10.4. The van der Waals surface area contributed by atoms with Crippen molar-refractivity contribution in [3.63, 3.8) is 0 Å². The van der Waals surface area contributed by atoms with Gasteiger partial charge in [-0.15, -0.1) is 0 Å². The molecule has 82 valence electrons. The van der Waals surface area contributed by atoms with Gasteiger partial charge in [0, 0.05) is 18.8 Å². The molecular weight excluding hydrogens is 198 g/mol. The molecule has 1 heterocycles. The number of benzene rings is 1. The molecule has 0 radical (unpaired) electrons. The maximum Gasteiger partial charge on any atom is 0.0909 e. The third-order valence-electron chi connectivity index (χ3n) is 2.67. The number of pyridine rings is 1. The van der Waals surface area contributed by atoms with E-state index in [2.05, 4.69) is 4.98 Å². The van der Waals surface area contributed by atoms with E-state index in [0.717, 1.165) is 11.1 Å². The predicted octanol–water partition coefficient (Wildman–Crippen LogP) is 2.53. The van der Waals surface area contributed by atoms with Crippen molar-refractivity contribution in [1.82, 2.24) is 4.98 Å². The molecule has 1 N–H and O–H groups in total. The lowest BCUT2D eigenvalue weighted by molar-refractivity contribution is 0.0575. The van der Waals surface area contributed by atoms with Gasteiger partial charge in [-0.3, -0.25) is 4.98 Å². The summed E-state index contributed by atoms with van der Waals surface area (Å²) in [6.45, 7) is 1.83. The van der Waals surface area contributed by atoms with Crippen molar-refractivity contribution in [2.24, 2.45) is 0 Å². The molecule has 2 nitrogen and oxygen atoms in total. The summed E-state index contributed by atoms with van der Waals surface area (Å²) in [5.41, 5.74) is 1.12. The number of aliphatic hydroxyl groups is 1. The third-order valence-corrected chi connectivity index (χ3v) is 2.67. The molecule has 2 heteroatoms. The minimum absolute atomic E-state index is 0.574. The van der Waals surface area contributed by atoms with Gasteiger partial charge in [-0.2, -0.15) is 0 Å². The Hall–Kier alpha value is -1.67. The summed E-state index contributed by atoms with van der Waals surface area (Å²) in [6.07, 6.45) is 4.10. The fraction of sp³-hybridized carbons (Fsp3) is 0.214. The molecule has 0 unspecified atom stereocenters. The summed E-state index contributed by atoms with van der Waals surface area (Å²) in [5, 5.41) is 10.4. The first-order chi connectivity index (χ1) is 7.68. The first-order valence-corrected chi connectivity index (χ1v) is 5.35. The Labute approximate surface area is 95.6 Å². The van der Waals surface area contributed by atoms with Crippen molar-refractivity contribution < 1.29 is 5.11 Å². The standard InChI is InChI=1S/C14H15NO/c1-14(16,13-7-3-2-4-8-13)10-12-6-5-9-15-11-12/h2-9,11,16H,10H2,1H3/t14-/m1/s1. The Morgan fingerprint density at radius 3 is 2.50 bits per heavy atom. The first kappa shape index (κ1) is 10.8. The van der Waals surface area contributed by atoms with Gasteiger partial charge in [0.2, 0.25) is 0 Å². The van der Waals surface area contributed by atoms with Gasteiger partial charge in [-0.05, 0) is 24.1 Å². The average molecular weight is 213 g/mol. The highest BCUT2D eigenvalue weighted by molar-refractivity contribution is 5.24. The molecule has 2 aromatic rings. The van der Waals surface area contributed by atoms with Crippen LogP contribution in [0.2, 0.25) is 0 Å². The highest BCUT2D eigenvalue weighted by Gasteiger charge is 2.22. The van der Waals surface area contributed by atoms with Crippen molar-refractivity contribution in [1.29, 1.82) is 0 Å². The van der Waals surface area contributed by atoms with Crippen LogP contribution in [0.15, 0.2) is 54.9 Å². The van der Waals surface area contributed by atoms with Gasteiger partial charge >= 0.3 is 0 Å². The highest BCUT2D eigenvalue weighted by atomic mass is 16.3. The smallest absolute Gasteiger partial charge is 0.0909 e. The molecule has 1 aromatic carbocycles. The van der Waals surface area contributed by atoms with Crippen LogP contribution < -0.4 is 0 Å². The highest BCUT2D eigenvalue weighted by Crippen LogP contribution is 2.24. The molecule has 2 rings (SSSR count). The van der Waals surface area contributed by atoms with Gasteiger partial charge in [-0.25, -0.2) is 0 Å². The fourth-order valence-corrected chi connectivity index (χ4v) is 1.80. The van der Waals surface area contributed by atoms with Crippen molar-refractivity contribution in [3.8, 4) is 0 Å². The summed E-state index contributed by atoms with van der Waals surface area (Å²) in [7, 11) is 0. The molecule has 16 heavy (non-hydrogen) atoms. The number of nitrogens with zero attached hydrogens (tertiary/aromatic N) is 1. The van der Waals surface area contributed by atoms with Crippen molar-refractivity contribution >= 4 is 0 Å². The molecular formula is C14H15NO. The van der Waals surface area contributed by atoms with Crippen LogP contribution in [0.5, 0.6) is 0 Å². The molecule has 0 amide bonds. The first-order valence-electron chi connectivity index (χ1n) is 5.35. The summed E-state index contributed by atoms with van der Waals surface area (Å²) in [6, 6.07) is 13.6. The van der Waals surface area contributed by atoms with Crippen LogP contribution >= 0.6 is 0 Å². The monoisotopic (exact) mass is 213 g/mol. The van der Waals surface area contributed by atoms with E-state index in [9.17, 15) is 5.11 Å². The lowest BCUT2D eigenvalue weighted by Crippen LogP contribution is -2.24. The fourth-order valence-electron chi connectivity index (χ4n) is 1.80. The predicted molar refractivity (Wildman–Crippen MR) is 64.0 cm³/mol. The molecule has 0 bridgehead atoms. The van der Waals surface area contributed by atoms with Crippen LogP contribution in [0.3, 0.4) is 0 Å². The van der Waals surface area contributed by atoms with Crippen LogP contribution in [0.25, 0.3) is 0 Å². The van der Waals surface area contributed by atoms with Gasteiger partial charge < -0.3 is 5.11 Å². The summed E-state index contributed by atoms with van der Waals surface area (Å²) in [4.78, 5) is 4.05. The Morgan fingerprint density at radius 1 is 1.12 bits per heavy atom. The molecule has 0 saturated heterocycles. The Morgan fingerprint density at radius 2 is 1.88 bits per heavy atom. The van der Waals surface area contributed by atoms with E-state index in [4.69, 9.17) is 0 Å². The molecule has 0 saturated carbocycles. The number of aromatic nitrogens is 1. The second kappa shape index (κ2) is 4.45. The zero-order valence-corrected chi connectivity index (χ0v) is 9.30. The van der Waals surface area contributed by atoms with E-state index < -0.39 is 5.60 Å². The molecule has 0 fully saturated rings. The van der Waals surface area contributed by atoms with Gasteiger partial charge in [-0.1, -0.05) is 36.4 Å². The minimum atomic E-state index is -0.843. The van der Waals surface area contributed by atoms with Crippen LogP contribution in [0.4, 0.5) is 0 Å².